The van der Waals surface area contributed by atoms with E-state index in [4.69, 9.17) is 9.26 Å². The highest BCUT2D eigenvalue weighted by molar-refractivity contribution is 5.97. The summed E-state index contributed by atoms with van der Waals surface area (Å²) >= 11 is 0. The van der Waals surface area contributed by atoms with Gasteiger partial charge in [0.15, 0.2) is 0 Å². The van der Waals surface area contributed by atoms with E-state index in [-0.39, 0.29) is 17.7 Å². The molecular weight excluding hydrogens is 344 g/mol. The first-order valence-electron chi connectivity index (χ1n) is 8.83. The first-order chi connectivity index (χ1) is 13.2. The predicted octanol–water partition coefficient (Wildman–Crippen LogP) is 3.02. The summed E-state index contributed by atoms with van der Waals surface area (Å²) in [4.78, 5) is 23.3. The zero-order valence-corrected chi connectivity index (χ0v) is 15.2. The van der Waals surface area contributed by atoms with E-state index in [0.29, 0.717) is 36.1 Å². The Kier molecular flexibility index (Phi) is 4.58. The average Bonchev–Trinajstić information content (AvgIpc) is 3.35. The fourth-order valence-corrected chi connectivity index (χ4v) is 3.45. The quantitative estimate of drug-likeness (QED) is 0.708. The number of nitrogens with zero attached hydrogens (tertiary/aromatic N) is 4. The van der Waals surface area contributed by atoms with Crippen LogP contribution in [0.1, 0.15) is 29.1 Å². The minimum Gasteiger partial charge on any atom is -0.496 e. The largest absolute Gasteiger partial charge is 0.496 e. The van der Waals surface area contributed by atoms with Gasteiger partial charge in [-0.1, -0.05) is 24.2 Å². The molecule has 1 amide bonds. The van der Waals surface area contributed by atoms with Gasteiger partial charge in [-0.05, 0) is 30.2 Å². The summed E-state index contributed by atoms with van der Waals surface area (Å²) in [6.45, 7) is 3.26. The monoisotopic (exact) mass is 364 g/mol. The van der Waals surface area contributed by atoms with Gasteiger partial charge in [0.1, 0.15) is 5.75 Å². The number of hydrogen-bond donors (Lipinski definition) is 0. The van der Waals surface area contributed by atoms with Crippen molar-refractivity contribution in [3.63, 3.8) is 0 Å². The van der Waals surface area contributed by atoms with E-state index >= 15 is 0 Å². The number of carbonyl (C=O) groups excluding carboxylic acids is 1. The van der Waals surface area contributed by atoms with Gasteiger partial charge in [0, 0.05) is 31.0 Å². The molecule has 0 spiro atoms. The van der Waals surface area contributed by atoms with Crippen molar-refractivity contribution < 1.29 is 14.1 Å². The molecule has 138 valence electrons. The zero-order chi connectivity index (χ0) is 18.8. The van der Waals surface area contributed by atoms with Crippen LogP contribution in [0.4, 0.5) is 0 Å². The van der Waals surface area contributed by atoms with Crippen LogP contribution in [0.25, 0.3) is 11.4 Å². The third-order valence-electron chi connectivity index (χ3n) is 4.93. The fraction of sp³-hybridized carbons (Fsp3) is 0.300. The highest BCUT2D eigenvalue weighted by atomic mass is 16.5. The van der Waals surface area contributed by atoms with Crippen LogP contribution in [0.2, 0.25) is 0 Å². The predicted molar refractivity (Wildman–Crippen MR) is 98.3 cm³/mol. The lowest BCUT2D eigenvalue weighted by Gasteiger charge is -2.17. The van der Waals surface area contributed by atoms with Gasteiger partial charge in [0.25, 0.3) is 5.91 Å². The van der Waals surface area contributed by atoms with Gasteiger partial charge in [0.2, 0.25) is 11.7 Å². The standard InChI is InChI=1S/C20H20N4O3/c1-13-11-24(20(25)15-5-3-4-6-17(15)26-2)12-16(13)19-22-18(23-27-19)14-7-9-21-10-8-14/h3-10,13,16H,11-12H2,1-2H3/t13-,16-/m0/s1. The van der Waals surface area contributed by atoms with Gasteiger partial charge >= 0.3 is 0 Å². The number of rotatable bonds is 4. The van der Waals surface area contributed by atoms with Gasteiger partial charge < -0.3 is 14.2 Å². The van der Waals surface area contributed by atoms with Crippen molar-refractivity contribution in [2.75, 3.05) is 20.2 Å². The number of methoxy groups -OCH3 is 1. The maximum Gasteiger partial charge on any atom is 0.257 e. The van der Waals surface area contributed by atoms with E-state index in [1.165, 1.54) is 0 Å². The molecule has 2 aromatic heterocycles. The number of aromatic nitrogens is 3. The lowest BCUT2D eigenvalue weighted by atomic mass is 9.98. The van der Waals surface area contributed by atoms with E-state index in [0.717, 1.165) is 5.56 Å². The molecule has 0 N–H and O–H groups in total. The molecule has 7 nitrogen and oxygen atoms in total. The maximum atomic E-state index is 12.9. The smallest absolute Gasteiger partial charge is 0.257 e. The van der Waals surface area contributed by atoms with Crippen molar-refractivity contribution in [1.82, 2.24) is 20.0 Å². The van der Waals surface area contributed by atoms with Gasteiger partial charge in [0.05, 0.1) is 18.6 Å². The first-order valence-corrected chi connectivity index (χ1v) is 8.83. The summed E-state index contributed by atoms with van der Waals surface area (Å²) in [5.41, 5.74) is 1.42. The molecule has 0 saturated carbocycles. The molecule has 4 rings (SSSR count). The molecule has 0 bridgehead atoms. The van der Waals surface area contributed by atoms with Crippen molar-refractivity contribution in [2.45, 2.75) is 12.8 Å². The lowest BCUT2D eigenvalue weighted by Crippen LogP contribution is -2.29. The molecule has 3 aromatic rings. The van der Waals surface area contributed by atoms with Crippen LogP contribution >= 0.6 is 0 Å². The van der Waals surface area contributed by atoms with Crippen molar-refractivity contribution in [3.05, 3.63) is 60.2 Å². The number of para-hydroxylation sites is 1. The number of carbonyl (C=O) groups is 1. The van der Waals surface area contributed by atoms with E-state index in [2.05, 4.69) is 22.0 Å². The van der Waals surface area contributed by atoms with E-state index in [1.807, 2.05) is 29.2 Å². The Hall–Kier alpha value is -3.22. The van der Waals surface area contributed by atoms with Crippen molar-refractivity contribution in [1.29, 1.82) is 0 Å². The minimum atomic E-state index is -0.0457. The summed E-state index contributed by atoms with van der Waals surface area (Å²) in [7, 11) is 1.57. The highest BCUT2D eigenvalue weighted by Crippen LogP contribution is 2.34. The molecule has 1 aliphatic heterocycles. The van der Waals surface area contributed by atoms with Crippen LogP contribution in [0.5, 0.6) is 5.75 Å². The highest BCUT2D eigenvalue weighted by Gasteiger charge is 2.37. The summed E-state index contributed by atoms with van der Waals surface area (Å²) in [6, 6.07) is 10.9. The minimum absolute atomic E-state index is 0.00624. The second-order valence-electron chi connectivity index (χ2n) is 6.69. The van der Waals surface area contributed by atoms with Crippen LogP contribution in [-0.2, 0) is 0 Å². The average molecular weight is 364 g/mol. The Morgan fingerprint density at radius 2 is 1.96 bits per heavy atom. The first kappa shape index (κ1) is 17.2. The van der Waals surface area contributed by atoms with E-state index in [9.17, 15) is 4.79 Å². The van der Waals surface area contributed by atoms with Gasteiger partial charge in [-0.3, -0.25) is 9.78 Å². The van der Waals surface area contributed by atoms with Crippen molar-refractivity contribution in [3.8, 4) is 17.1 Å². The Morgan fingerprint density at radius 1 is 1.19 bits per heavy atom. The van der Waals surface area contributed by atoms with Gasteiger partial charge in [-0.2, -0.15) is 4.98 Å². The molecular formula is C20H20N4O3. The number of benzene rings is 1. The second-order valence-corrected chi connectivity index (χ2v) is 6.69. The third-order valence-corrected chi connectivity index (χ3v) is 4.93. The molecule has 0 unspecified atom stereocenters. The molecule has 1 aromatic carbocycles. The molecule has 1 fully saturated rings. The van der Waals surface area contributed by atoms with E-state index < -0.39 is 0 Å². The van der Waals surface area contributed by atoms with Crippen LogP contribution < -0.4 is 4.74 Å². The van der Waals surface area contributed by atoms with Crippen molar-refractivity contribution >= 4 is 5.91 Å². The second kappa shape index (κ2) is 7.19. The number of amides is 1. The normalized spacial score (nSPS) is 19.3. The summed E-state index contributed by atoms with van der Waals surface area (Å²) in [6.07, 6.45) is 3.38. The molecule has 3 heterocycles. The van der Waals surface area contributed by atoms with Crippen LogP contribution in [0.3, 0.4) is 0 Å². The Bertz CT molecular complexity index is 941. The molecule has 1 saturated heterocycles. The van der Waals surface area contributed by atoms with Gasteiger partial charge in [-0.25, -0.2) is 0 Å². The molecule has 2 atom stereocenters. The van der Waals surface area contributed by atoms with Crippen LogP contribution in [0.15, 0.2) is 53.3 Å². The SMILES string of the molecule is COc1ccccc1C(=O)N1C[C@H](c2nc(-c3ccncc3)no2)[C@@H](C)C1. The van der Waals surface area contributed by atoms with E-state index in [1.54, 1.807) is 31.6 Å². The molecule has 0 aliphatic carbocycles. The third kappa shape index (κ3) is 3.28. The number of ether oxygens (including phenoxy) is 1. The van der Waals surface area contributed by atoms with Crippen molar-refractivity contribution in [2.24, 2.45) is 5.92 Å². The lowest BCUT2D eigenvalue weighted by molar-refractivity contribution is 0.0782. The molecule has 0 radical (unpaired) electrons. The fourth-order valence-electron chi connectivity index (χ4n) is 3.45. The Balaban J connectivity index is 1.54. The topological polar surface area (TPSA) is 81.4 Å². The number of hydrogen-bond acceptors (Lipinski definition) is 6. The van der Waals surface area contributed by atoms with Gasteiger partial charge in [-0.15, -0.1) is 0 Å². The van der Waals surface area contributed by atoms with Crippen LogP contribution in [-0.4, -0.2) is 46.1 Å². The zero-order valence-electron chi connectivity index (χ0n) is 15.2. The Morgan fingerprint density at radius 3 is 2.74 bits per heavy atom. The summed E-state index contributed by atoms with van der Waals surface area (Å²) in [5.74, 6) is 1.85. The molecule has 27 heavy (non-hydrogen) atoms. The Labute approximate surface area is 157 Å². The molecule has 7 heteroatoms. The number of pyridine rings is 1. The summed E-state index contributed by atoms with van der Waals surface area (Å²) in [5, 5.41) is 4.08. The maximum absolute atomic E-state index is 12.9. The summed E-state index contributed by atoms with van der Waals surface area (Å²) < 4.78 is 10.8. The van der Waals surface area contributed by atoms with Crippen LogP contribution in [0, 0.1) is 5.92 Å². The number of likely N-dealkylation sites (tertiary alicyclic amines) is 1. The molecule has 1 aliphatic rings.